The summed E-state index contributed by atoms with van der Waals surface area (Å²) < 4.78 is 0. The summed E-state index contributed by atoms with van der Waals surface area (Å²) in [5, 5.41) is 14.9. The van der Waals surface area contributed by atoms with Crippen LogP contribution in [0.3, 0.4) is 0 Å². The largest absolute Gasteiger partial charge is 0.354 e. The lowest BCUT2D eigenvalue weighted by molar-refractivity contribution is -0.121. The number of hydrogen-bond acceptors (Lipinski definition) is 3. The molecule has 0 spiro atoms. The Morgan fingerprint density at radius 2 is 2.24 bits per heavy atom. The summed E-state index contributed by atoms with van der Waals surface area (Å²) in [6, 6.07) is 2.49. The summed E-state index contributed by atoms with van der Waals surface area (Å²) in [7, 11) is 0. The van der Waals surface area contributed by atoms with Gasteiger partial charge in [-0.05, 0) is 31.6 Å². The smallest absolute Gasteiger partial charge is 0.221 e. The highest BCUT2D eigenvalue weighted by molar-refractivity contribution is 5.76. The maximum Gasteiger partial charge on any atom is 0.221 e. The fraction of sp³-hybridized carbons (Fsp3) is 0.846. The molecule has 1 amide bonds. The molecule has 1 aliphatic carbocycles. The van der Waals surface area contributed by atoms with Crippen LogP contribution < -0.4 is 10.6 Å². The molecular formula is C13H23N3O. The van der Waals surface area contributed by atoms with Crippen LogP contribution in [0.15, 0.2) is 0 Å². The van der Waals surface area contributed by atoms with Gasteiger partial charge in [0.2, 0.25) is 5.91 Å². The Kier molecular flexibility index (Phi) is 5.43. The Morgan fingerprint density at radius 3 is 2.76 bits per heavy atom. The fourth-order valence-electron chi connectivity index (χ4n) is 1.77. The van der Waals surface area contributed by atoms with Gasteiger partial charge in [-0.2, -0.15) is 5.26 Å². The first-order chi connectivity index (χ1) is 8.12. The lowest BCUT2D eigenvalue weighted by atomic mass is 10.0. The lowest BCUT2D eigenvalue weighted by Crippen LogP contribution is -2.35. The van der Waals surface area contributed by atoms with Gasteiger partial charge in [0.15, 0.2) is 0 Å². The van der Waals surface area contributed by atoms with Gasteiger partial charge in [-0.3, -0.25) is 4.79 Å². The molecule has 4 nitrogen and oxygen atoms in total. The van der Waals surface area contributed by atoms with Gasteiger partial charge in [-0.1, -0.05) is 6.92 Å². The van der Waals surface area contributed by atoms with Crippen LogP contribution in [0.2, 0.25) is 0 Å². The van der Waals surface area contributed by atoms with Crippen molar-refractivity contribution in [1.29, 1.82) is 5.26 Å². The number of nitrogens with zero attached hydrogens (tertiary/aromatic N) is 1. The van der Waals surface area contributed by atoms with E-state index in [9.17, 15) is 4.79 Å². The van der Waals surface area contributed by atoms with Gasteiger partial charge in [0, 0.05) is 32.0 Å². The number of amides is 1. The number of hydrogen-bond donors (Lipinski definition) is 2. The van der Waals surface area contributed by atoms with Crippen molar-refractivity contribution in [2.45, 2.75) is 52.0 Å². The number of nitriles is 1. The molecule has 1 rings (SSSR count). The van der Waals surface area contributed by atoms with Crippen LogP contribution in [0.1, 0.15) is 46.0 Å². The highest BCUT2D eigenvalue weighted by Crippen LogP contribution is 2.47. The Labute approximate surface area is 104 Å². The van der Waals surface area contributed by atoms with Crippen molar-refractivity contribution < 1.29 is 4.79 Å². The topological polar surface area (TPSA) is 64.9 Å². The monoisotopic (exact) mass is 237 g/mol. The van der Waals surface area contributed by atoms with E-state index in [4.69, 9.17) is 5.26 Å². The van der Waals surface area contributed by atoms with E-state index >= 15 is 0 Å². The molecule has 0 aromatic carbocycles. The van der Waals surface area contributed by atoms with Crippen LogP contribution in [0.25, 0.3) is 0 Å². The van der Waals surface area contributed by atoms with Gasteiger partial charge in [0.05, 0.1) is 6.07 Å². The minimum Gasteiger partial charge on any atom is -0.354 e. The van der Waals surface area contributed by atoms with E-state index in [0.29, 0.717) is 19.4 Å². The average Bonchev–Trinajstić information content (AvgIpc) is 3.05. The third-order valence-electron chi connectivity index (χ3n) is 3.46. The molecule has 1 atom stereocenters. The van der Waals surface area contributed by atoms with Gasteiger partial charge in [0.25, 0.3) is 0 Å². The van der Waals surface area contributed by atoms with Crippen molar-refractivity contribution in [2.24, 2.45) is 5.41 Å². The highest BCUT2D eigenvalue weighted by atomic mass is 16.1. The van der Waals surface area contributed by atoms with Crippen molar-refractivity contribution in [3.63, 3.8) is 0 Å². The Bertz CT molecular complexity index is 292. The lowest BCUT2D eigenvalue weighted by Gasteiger charge is -2.13. The molecule has 2 N–H and O–H groups in total. The quantitative estimate of drug-likeness (QED) is 0.630. The van der Waals surface area contributed by atoms with Gasteiger partial charge >= 0.3 is 0 Å². The maximum atomic E-state index is 11.5. The summed E-state index contributed by atoms with van der Waals surface area (Å²) in [4.78, 5) is 11.5. The SMILES string of the molecule is CCC(C)NC(=O)CCNCC1(CC#N)CC1. The second-order valence-corrected chi connectivity index (χ2v) is 5.14. The van der Waals surface area contributed by atoms with Crippen molar-refractivity contribution in [3.8, 4) is 6.07 Å². The first kappa shape index (κ1) is 14.0. The molecule has 0 aromatic heterocycles. The molecule has 96 valence electrons. The predicted octanol–water partition coefficient (Wildman–Crippen LogP) is 1.57. The van der Waals surface area contributed by atoms with Crippen molar-refractivity contribution in [2.75, 3.05) is 13.1 Å². The van der Waals surface area contributed by atoms with Gasteiger partial charge in [-0.25, -0.2) is 0 Å². The van der Waals surface area contributed by atoms with Crippen LogP contribution in [-0.2, 0) is 4.79 Å². The van der Waals surface area contributed by atoms with E-state index in [2.05, 4.69) is 23.6 Å². The molecule has 1 unspecified atom stereocenters. The molecule has 0 aromatic rings. The Morgan fingerprint density at radius 1 is 1.53 bits per heavy atom. The zero-order valence-electron chi connectivity index (χ0n) is 10.9. The van der Waals surface area contributed by atoms with Gasteiger partial charge in [-0.15, -0.1) is 0 Å². The number of nitrogens with one attached hydrogen (secondary N) is 2. The van der Waals surface area contributed by atoms with Crippen LogP contribution in [0, 0.1) is 16.7 Å². The molecule has 0 aliphatic heterocycles. The molecule has 17 heavy (non-hydrogen) atoms. The zero-order valence-corrected chi connectivity index (χ0v) is 10.9. The van der Waals surface area contributed by atoms with Crippen molar-refractivity contribution in [1.82, 2.24) is 10.6 Å². The predicted molar refractivity (Wildman–Crippen MR) is 67.3 cm³/mol. The summed E-state index contributed by atoms with van der Waals surface area (Å²) in [6.45, 7) is 5.64. The molecule has 0 bridgehead atoms. The first-order valence-electron chi connectivity index (χ1n) is 6.49. The molecular weight excluding hydrogens is 214 g/mol. The summed E-state index contributed by atoms with van der Waals surface area (Å²) in [5.41, 5.74) is 0.224. The molecule has 0 heterocycles. The molecule has 1 saturated carbocycles. The minimum atomic E-state index is 0.108. The van der Waals surface area contributed by atoms with Crippen LogP contribution in [0.5, 0.6) is 0 Å². The second kappa shape index (κ2) is 6.61. The average molecular weight is 237 g/mol. The molecule has 1 aliphatic rings. The molecule has 0 saturated heterocycles. The Hall–Kier alpha value is -1.08. The highest BCUT2D eigenvalue weighted by Gasteiger charge is 2.41. The van der Waals surface area contributed by atoms with Crippen LogP contribution >= 0.6 is 0 Å². The number of rotatable bonds is 8. The normalized spacial score (nSPS) is 18.2. The van der Waals surface area contributed by atoms with Crippen LogP contribution in [-0.4, -0.2) is 25.0 Å². The van der Waals surface area contributed by atoms with E-state index in [0.717, 1.165) is 25.8 Å². The summed E-state index contributed by atoms with van der Waals surface area (Å²) in [5.74, 6) is 0.108. The van der Waals surface area contributed by atoms with Crippen LogP contribution in [0.4, 0.5) is 0 Å². The van der Waals surface area contributed by atoms with E-state index in [1.165, 1.54) is 0 Å². The minimum absolute atomic E-state index is 0.108. The van der Waals surface area contributed by atoms with E-state index in [1.807, 2.05) is 6.92 Å². The first-order valence-corrected chi connectivity index (χ1v) is 6.49. The van der Waals surface area contributed by atoms with E-state index in [1.54, 1.807) is 0 Å². The summed E-state index contributed by atoms with van der Waals surface area (Å²) >= 11 is 0. The maximum absolute atomic E-state index is 11.5. The Balaban J connectivity index is 2.05. The second-order valence-electron chi connectivity index (χ2n) is 5.14. The fourth-order valence-corrected chi connectivity index (χ4v) is 1.77. The number of carbonyl (C=O) groups excluding carboxylic acids is 1. The number of carbonyl (C=O) groups is 1. The third kappa shape index (κ3) is 5.18. The third-order valence-corrected chi connectivity index (χ3v) is 3.46. The molecule has 0 radical (unpaired) electrons. The van der Waals surface area contributed by atoms with Crippen molar-refractivity contribution in [3.05, 3.63) is 0 Å². The van der Waals surface area contributed by atoms with E-state index in [-0.39, 0.29) is 17.4 Å². The van der Waals surface area contributed by atoms with Gasteiger partial charge < -0.3 is 10.6 Å². The van der Waals surface area contributed by atoms with Crippen molar-refractivity contribution >= 4 is 5.91 Å². The van der Waals surface area contributed by atoms with Gasteiger partial charge in [0.1, 0.15) is 0 Å². The van der Waals surface area contributed by atoms with E-state index < -0.39 is 0 Å². The molecule has 1 fully saturated rings. The standard InChI is InChI=1S/C13H23N3O/c1-3-11(2)16-12(17)4-9-15-10-13(5-6-13)7-8-14/h11,15H,3-7,9-10H2,1-2H3,(H,16,17). The molecule has 4 heteroatoms. The summed E-state index contributed by atoms with van der Waals surface area (Å²) in [6.07, 6.45) is 4.41. The zero-order chi connectivity index (χ0) is 12.7.